The van der Waals surface area contributed by atoms with E-state index in [4.69, 9.17) is 0 Å². The van der Waals surface area contributed by atoms with E-state index in [2.05, 4.69) is 43.9 Å². The zero-order valence-electron chi connectivity index (χ0n) is 14.8. The summed E-state index contributed by atoms with van der Waals surface area (Å²) in [5.41, 5.74) is 3.79. The van der Waals surface area contributed by atoms with Crippen molar-refractivity contribution in [1.82, 2.24) is 0 Å². The van der Waals surface area contributed by atoms with Crippen molar-refractivity contribution >= 4 is 8.07 Å². The third-order valence-electron chi connectivity index (χ3n) is 4.30. The highest BCUT2D eigenvalue weighted by Crippen LogP contribution is 2.23. The zero-order valence-corrected chi connectivity index (χ0v) is 15.8. The Kier molecular flexibility index (Phi) is 6.46. The Balaban J connectivity index is 1.74. The number of benzene rings is 2. The van der Waals surface area contributed by atoms with Gasteiger partial charge in [-0.15, -0.1) is 0 Å². The molecule has 0 heterocycles. The van der Waals surface area contributed by atoms with Crippen LogP contribution in [0, 0.1) is 0 Å². The lowest BCUT2D eigenvalue weighted by Gasteiger charge is -2.14. The van der Waals surface area contributed by atoms with Gasteiger partial charge in [-0.25, -0.2) is 0 Å². The van der Waals surface area contributed by atoms with E-state index in [0.29, 0.717) is 5.75 Å². The molecular weight excluding hydrogens is 296 g/mol. The Hall–Kier alpha value is -1.54. The fourth-order valence-electron chi connectivity index (χ4n) is 2.86. The number of phenolic OH excluding ortho intramolecular Hbond substituents is 1. The van der Waals surface area contributed by atoms with E-state index < -0.39 is 8.07 Å². The minimum absolute atomic E-state index is 0.319. The Morgan fingerprint density at radius 2 is 1.22 bits per heavy atom. The molecule has 0 fully saturated rings. The first-order valence-electron chi connectivity index (χ1n) is 8.82. The Bertz CT molecular complexity index is 579. The Labute approximate surface area is 142 Å². The number of hydrogen-bond acceptors (Lipinski definition) is 1. The zero-order chi connectivity index (χ0) is 16.7. The van der Waals surface area contributed by atoms with E-state index in [1.54, 1.807) is 12.1 Å². The van der Waals surface area contributed by atoms with Gasteiger partial charge >= 0.3 is 0 Å². The molecule has 0 aliphatic rings. The minimum atomic E-state index is -0.839. The molecule has 23 heavy (non-hydrogen) atoms. The third kappa shape index (κ3) is 6.62. The Morgan fingerprint density at radius 1 is 0.696 bits per heavy atom. The summed E-state index contributed by atoms with van der Waals surface area (Å²) in [6, 6.07) is 17.7. The number of aryl methyl sites for hydroxylation is 1. The average Bonchev–Trinajstić information content (AvgIpc) is 2.51. The van der Waals surface area contributed by atoms with Crippen LogP contribution in [0.3, 0.4) is 0 Å². The number of unbranched alkanes of at least 4 members (excludes halogenated alkanes) is 3. The molecule has 124 valence electrons. The van der Waals surface area contributed by atoms with E-state index in [1.807, 2.05) is 12.1 Å². The number of hydrogen-bond donors (Lipinski definition) is 1. The van der Waals surface area contributed by atoms with Gasteiger partial charge in [0.15, 0.2) is 0 Å². The van der Waals surface area contributed by atoms with Gasteiger partial charge in [-0.05, 0) is 41.7 Å². The van der Waals surface area contributed by atoms with E-state index in [-0.39, 0.29) is 0 Å². The normalized spacial score (nSPS) is 11.6. The van der Waals surface area contributed by atoms with Crippen molar-refractivity contribution in [3.05, 3.63) is 54.1 Å². The van der Waals surface area contributed by atoms with Crippen LogP contribution in [0.5, 0.6) is 5.75 Å². The molecule has 0 unspecified atom stereocenters. The molecule has 2 aromatic carbocycles. The van der Waals surface area contributed by atoms with Gasteiger partial charge in [-0.1, -0.05) is 81.3 Å². The van der Waals surface area contributed by atoms with Gasteiger partial charge in [0.05, 0.1) is 0 Å². The monoisotopic (exact) mass is 326 g/mol. The lowest BCUT2D eigenvalue weighted by Crippen LogP contribution is -2.18. The van der Waals surface area contributed by atoms with Gasteiger partial charge in [-0.2, -0.15) is 0 Å². The number of rotatable bonds is 8. The molecule has 0 aliphatic heterocycles. The second-order valence-electron chi connectivity index (χ2n) is 7.72. The van der Waals surface area contributed by atoms with Crippen molar-refractivity contribution in [2.24, 2.45) is 0 Å². The summed E-state index contributed by atoms with van der Waals surface area (Å²) in [6.07, 6.45) is 6.63. The van der Waals surface area contributed by atoms with Crippen molar-refractivity contribution in [2.45, 2.75) is 57.8 Å². The van der Waals surface area contributed by atoms with Crippen molar-refractivity contribution < 1.29 is 5.11 Å². The Morgan fingerprint density at radius 3 is 1.78 bits per heavy atom. The molecule has 1 N–H and O–H groups in total. The standard InChI is InChI=1S/C21H30OSi/c1-23(2,3)17-7-5-4-6-8-18-9-11-19(12-10-18)20-13-15-21(22)16-14-20/h9-16,22H,4-8,17H2,1-3H3. The van der Waals surface area contributed by atoms with Gasteiger partial charge in [0.2, 0.25) is 0 Å². The summed E-state index contributed by atoms with van der Waals surface area (Å²) in [5, 5.41) is 9.35. The quantitative estimate of drug-likeness (QED) is 0.433. The number of phenols is 1. The van der Waals surface area contributed by atoms with Gasteiger partial charge in [0.25, 0.3) is 0 Å². The summed E-state index contributed by atoms with van der Waals surface area (Å²) in [4.78, 5) is 0. The molecule has 0 atom stereocenters. The summed E-state index contributed by atoms with van der Waals surface area (Å²) >= 11 is 0. The maximum atomic E-state index is 9.35. The van der Waals surface area contributed by atoms with Crippen LogP contribution in [0.1, 0.15) is 31.2 Å². The van der Waals surface area contributed by atoms with E-state index in [1.165, 1.54) is 49.3 Å². The summed E-state index contributed by atoms with van der Waals surface area (Å²) in [5.74, 6) is 0.319. The van der Waals surface area contributed by atoms with E-state index >= 15 is 0 Å². The smallest absolute Gasteiger partial charge is 0.115 e. The maximum Gasteiger partial charge on any atom is 0.115 e. The predicted molar refractivity (Wildman–Crippen MR) is 104 cm³/mol. The first kappa shape index (κ1) is 17.8. The molecule has 1 nitrogen and oxygen atoms in total. The van der Waals surface area contributed by atoms with Crippen LogP contribution >= 0.6 is 0 Å². The topological polar surface area (TPSA) is 20.2 Å². The van der Waals surface area contributed by atoms with Gasteiger partial charge in [0.1, 0.15) is 5.75 Å². The maximum absolute atomic E-state index is 9.35. The van der Waals surface area contributed by atoms with Crippen LogP contribution in [0.15, 0.2) is 48.5 Å². The third-order valence-corrected chi connectivity index (χ3v) is 6.15. The second kappa shape index (κ2) is 8.35. The minimum Gasteiger partial charge on any atom is -0.508 e. The lowest BCUT2D eigenvalue weighted by molar-refractivity contribution is 0.475. The lowest BCUT2D eigenvalue weighted by atomic mass is 10.0. The first-order valence-corrected chi connectivity index (χ1v) is 12.5. The van der Waals surface area contributed by atoms with Gasteiger partial charge in [-0.3, -0.25) is 0 Å². The molecule has 2 aromatic rings. The van der Waals surface area contributed by atoms with Crippen molar-refractivity contribution in [1.29, 1.82) is 0 Å². The average molecular weight is 327 g/mol. The fourth-order valence-corrected chi connectivity index (χ4v) is 4.17. The molecule has 0 aromatic heterocycles. The van der Waals surface area contributed by atoms with Crippen LogP contribution in [-0.4, -0.2) is 13.2 Å². The molecule has 0 saturated carbocycles. The SMILES string of the molecule is C[Si](C)(C)CCCCCCc1ccc(-c2ccc(O)cc2)cc1. The predicted octanol–water partition coefficient (Wildman–Crippen LogP) is 6.50. The van der Waals surface area contributed by atoms with Crippen molar-refractivity contribution in [3.63, 3.8) is 0 Å². The van der Waals surface area contributed by atoms with Crippen molar-refractivity contribution in [2.75, 3.05) is 0 Å². The van der Waals surface area contributed by atoms with Crippen LogP contribution < -0.4 is 0 Å². The van der Waals surface area contributed by atoms with Crippen LogP contribution in [0.2, 0.25) is 25.7 Å². The molecule has 0 saturated heterocycles. The molecular formula is C21H30OSi. The highest BCUT2D eigenvalue weighted by molar-refractivity contribution is 6.76. The van der Waals surface area contributed by atoms with Crippen LogP contribution in [0.25, 0.3) is 11.1 Å². The molecule has 0 bridgehead atoms. The first-order chi connectivity index (χ1) is 10.9. The molecule has 0 spiro atoms. The van der Waals surface area contributed by atoms with Gasteiger partial charge in [0, 0.05) is 8.07 Å². The largest absolute Gasteiger partial charge is 0.508 e. The number of aromatic hydroxyl groups is 1. The summed E-state index contributed by atoms with van der Waals surface area (Å²) in [6.45, 7) is 7.38. The second-order valence-corrected chi connectivity index (χ2v) is 13.3. The van der Waals surface area contributed by atoms with Crippen LogP contribution in [0.4, 0.5) is 0 Å². The molecule has 2 heteroatoms. The highest BCUT2D eigenvalue weighted by Gasteiger charge is 2.11. The molecule has 0 amide bonds. The van der Waals surface area contributed by atoms with Crippen molar-refractivity contribution in [3.8, 4) is 16.9 Å². The van der Waals surface area contributed by atoms with Crippen LogP contribution in [-0.2, 0) is 6.42 Å². The molecule has 2 rings (SSSR count). The van der Waals surface area contributed by atoms with E-state index in [0.717, 1.165) is 5.56 Å². The van der Waals surface area contributed by atoms with E-state index in [9.17, 15) is 5.11 Å². The summed E-state index contributed by atoms with van der Waals surface area (Å²) < 4.78 is 0. The molecule has 0 radical (unpaired) electrons. The van der Waals surface area contributed by atoms with Gasteiger partial charge < -0.3 is 5.11 Å². The summed E-state index contributed by atoms with van der Waals surface area (Å²) in [7, 11) is -0.839. The fraction of sp³-hybridized carbons (Fsp3) is 0.429. The molecule has 0 aliphatic carbocycles. The highest BCUT2D eigenvalue weighted by atomic mass is 28.3.